The molecule has 96 valence electrons. The Morgan fingerprint density at radius 1 is 1.00 bits per heavy atom. The van der Waals surface area contributed by atoms with Crippen LogP contribution in [-0.2, 0) is 0 Å². The van der Waals surface area contributed by atoms with Gasteiger partial charge in [-0.25, -0.2) is 4.99 Å². The zero-order valence-electron chi connectivity index (χ0n) is 10.4. The third kappa shape index (κ3) is 2.96. The number of hydrazine groups is 1. The number of para-hydroxylation sites is 1. The third-order valence-electron chi connectivity index (χ3n) is 2.99. The van der Waals surface area contributed by atoms with Gasteiger partial charge in [0.15, 0.2) is 0 Å². The Hall–Kier alpha value is -1.81. The molecule has 0 radical (unpaired) electrons. The molecular formula is C15H14BrN3. The summed E-state index contributed by atoms with van der Waals surface area (Å²) in [4.78, 5) is 4.62. The van der Waals surface area contributed by atoms with Crippen molar-refractivity contribution < 1.29 is 0 Å². The summed E-state index contributed by atoms with van der Waals surface area (Å²) in [6.07, 6.45) is 0.935. The van der Waals surface area contributed by atoms with Crippen molar-refractivity contribution in [3.63, 3.8) is 0 Å². The van der Waals surface area contributed by atoms with Crippen molar-refractivity contribution in [2.75, 3.05) is 11.6 Å². The number of amidine groups is 1. The minimum atomic E-state index is 0.935. The quantitative estimate of drug-likeness (QED) is 0.910. The van der Waals surface area contributed by atoms with Gasteiger partial charge in [0.1, 0.15) is 5.84 Å². The molecule has 0 bridgehead atoms. The maximum atomic E-state index is 4.62. The molecular weight excluding hydrogens is 302 g/mol. The number of nitrogens with zero attached hydrogens (tertiary/aromatic N) is 2. The van der Waals surface area contributed by atoms with E-state index in [-0.39, 0.29) is 0 Å². The number of nitrogens with one attached hydrogen (secondary N) is 1. The van der Waals surface area contributed by atoms with E-state index in [0.717, 1.165) is 29.0 Å². The molecule has 1 saturated heterocycles. The average Bonchev–Trinajstić information content (AvgIpc) is 2.91. The largest absolute Gasteiger partial charge is 0.286 e. The maximum Gasteiger partial charge on any atom is 0.123 e. The summed E-state index contributed by atoms with van der Waals surface area (Å²) in [5, 5.41) is 2.12. The molecule has 0 spiro atoms. The van der Waals surface area contributed by atoms with Crippen molar-refractivity contribution >= 4 is 33.1 Å². The van der Waals surface area contributed by atoms with E-state index in [4.69, 9.17) is 0 Å². The molecule has 0 unspecified atom stereocenters. The lowest BCUT2D eigenvalue weighted by Gasteiger charge is -2.17. The molecule has 1 aliphatic heterocycles. The zero-order chi connectivity index (χ0) is 13.1. The molecule has 1 heterocycles. The highest BCUT2D eigenvalue weighted by molar-refractivity contribution is 9.10. The SMILES string of the molecule is Brc1ccc(N=C2CCN(c3ccccc3)N2)cc1. The standard InChI is InChI=1S/C15H14BrN3/c16-12-6-8-13(9-7-12)17-15-10-11-19(18-15)14-4-2-1-3-5-14/h1-9H,10-11H2,(H,17,18). The molecule has 0 amide bonds. The first-order chi connectivity index (χ1) is 9.31. The van der Waals surface area contributed by atoms with Crippen LogP contribution >= 0.6 is 15.9 Å². The monoisotopic (exact) mass is 315 g/mol. The summed E-state index contributed by atoms with van der Waals surface area (Å²) in [5.41, 5.74) is 5.48. The van der Waals surface area contributed by atoms with Gasteiger partial charge in [0.05, 0.1) is 11.4 Å². The molecule has 0 atom stereocenters. The van der Waals surface area contributed by atoms with Gasteiger partial charge >= 0.3 is 0 Å². The van der Waals surface area contributed by atoms with Crippen molar-refractivity contribution in [3.8, 4) is 0 Å². The third-order valence-corrected chi connectivity index (χ3v) is 3.52. The van der Waals surface area contributed by atoms with Crippen LogP contribution in [0, 0.1) is 0 Å². The summed E-state index contributed by atoms with van der Waals surface area (Å²) >= 11 is 3.43. The van der Waals surface area contributed by atoms with Gasteiger partial charge in [-0.3, -0.25) is 10.4 Å². The molecule has 2 aromatic carbocycles. The first-order valence-corrected chi connectivity index (χ1v) is 7.03. The van der Waals surface area contributed by atoms with E-state index in [1.807, 2.05) is 42.5 Å². The molecule has 3 nitrogen and oxygen atoms in total. The van der Waals surface area contributed by atoms with E-state index in [0.29, 0.717) is 0 Å². The fourth-order valence-electron chi connectivity index (χ4n) is 2.04. The van der Waals surface area contributed by atoms with E-state index in [1.165, 1.54) is 5.69 Å². The molecule has 0 aromatic heterocycles. The normalized spacial score (nSPS) is 16.7. The van der Waals surface area contributed by atoms with Crippen molar-refractivity contribution in [1.82, 2.24) is 5.43 Å². The van der Waals surface area contributed by atoms with Crippen LogP contribution in [0.2, 0.25) is 0 Å². The second kappa shape index (κ2) is 5.45. The highest BCUT2D eigenvalue weighted by Crippen LogP contribution is 2.19. The molecule has 1 fully saturated rings. The van der Waals surface area contributed by atoms with Gasteiger partial charge in [0, 0.05) is 17.4 Å². The van der Waals surface area contributed by atoms with E-state index in [9.17, 15) is 0 Å². The van der Waals surface area contributed by atoms with Gasteiger partial charge in [-0.05, 0) is 36.4 Å². The van der Waals surface area contributed by atoms with Crippen molar-refractivity contribution in [3.05, 3.63) is 59.1 Å². The van der Waals surface area contributed by atoms with Crippen LogP contribution < -0.4 is 10.4 Å². The lowest BCUT2D eigenvalue weighted by Crippen LogP contribution is -2.32. The van der Waals surface area contributed by atoms with E-state index >= 15 is 0 Å². The molecule has 4 heteroatoms. The summed E-state index contributed by atoms with van der Waals surface area (Å²) in [5.74, 6) is 1.01. The van der Waals surface area contributed by atoms with Gasteiger partial charge in [-0.1, -0.05) is 34.1 Å². The highest BCUT2D eigenvalue weighted by atomic mass is 79.9. The smallest absolute Gasteiger partial charge is 0.123 e. The first-order valence-electron chi connectivity index (χ1n) is 6.24. The van der Waals surface area contributed by atoms with Crippen molar-refractivity contribution in [1.29, 1.82) is 0 Å². The number of anilines is 1. The number of rotatable bonds is 2. The van der Waals surface area contributed by atoms with Crippen LogP contribution in [0.15, 0.2) is 64.1 Å². The Morgan fingerprint density at radius 2 is 1.74 bits per heavy atom. The Bertz CT molecular complexity index is 578. The van der Waals surface area contributed by atoms with Gasteiger partial charge in [-0.15, -0.1) is 0 Å². The molecule has 0 saturated carbocycles. The minimum Gasteiger partial charge on any atom is -0.286 e. The van der Waals surface area contributed by atoms with Gasteiger partial charge in [0.25, 0.3) is 0 Å². The molecule has 19 heavy (non-hydrogen) atoms. The average molecular weight is 316 g/mol. The summed E-state index contributed by atoms with van der Waals surface area (Å²) in [6.45, 7) is 0.944. The second-order valence-corrected chi connectivity index (χ2v) is 5.30. The number of aliphatic imine (C=N–C) groups is 1. The fourth-order valence-corrected chi connectivity index (χ4v) is 2.30. The lowest BCUT2D eigenvalue weighted by molar-refractivity contribution is 0.858. The van der Waals surface area contributed by atoms with Crippen molar-refractivity contribution in [2.24, 2.45) is 4.99 Å². The zero-order valence-corrected chi connectivity index (χ0v) is 12.0. The molecule has 2 aromatic rings. The number of benzene rings is 2. The Labute approximate surface area is 121 Å². The van der Waals surface area contributed by atoms with Crippen molar-refractivity contribution in [2.45, 2.75) is 6.42 Å². The number of hydrogen-bond donors (Lipinski definition) is 1. The summed E-state index contributed by atoms with van der Waals surface area (Å²) in [7, 11) is 0. The molecule has 1 aliphatic rings. The van der Waals surface area contributed by atoms with E-state index in [2.05, 4.69) is 43.5 Å². The Morgan fingerprint density at radius 3 is 2.47 bits per heavy atom. The molecule has 3 rings (SSSR count). The Kier molecular flexibility index (Phi) is 3.51. The lowest BCUT2D eigenvalue weighted by atomic mass is 10.3. The summed E-state index contributed by atoms with van der Waals surface area (Å²) in [6, 6.07) is 18.3. The predicted molar refractivity (Wildman–Crippen MR) is 82.8 cm³/mol. The topological polar surface area (TPSA) is 27.6 Å². The predicted octanol–water partition coefficient (Wildman–Crippen LogP) is 3.89. The molecule has 0 aliphatic carbocycles. The van der Waals surface area contributed by atoms with Crippen LogP contribution in [0.5, 0.6) is 0 Å². The summed E-state index contributed by atoms with van der Waals surface area (Å²) < 4.78 is 1.07. The van der Waals surface area contributed by atoms with Crippen LogP contribution in [0.4, 0.5) is 11.4 Å². The van der Waals surface area contributed by atoms with Crippen LogP contribution in [0.1, 0.15) is 6.42 Å². The van der Waals surface area contributed by atoms with Gasteiger partial charge < -0.3 is 0 Å². The first kappa shape index (κ1) is 12.2. The number of hydrogen-bond acceptors (Lipinski definition) is 2. The van der Waals surface area contributed by atoms with Crippen LogP contribution in [-0.4, -0.2) is 12.4 Å². The fraction of sp³-hybridized carbons (Fsp3) is 0.133. The number of halogens is 1. The highest BCUT2D eigenvalue weighted by Gasteiger charge is 2.16. The molecule has 1 N–H and O–H groups in total. The van der Waals surface area contributed by atoms with Gasteiger partial charge in [0.2, 0.25) is 0 Å². The van der Waals surface area contributed by atoms with E-state index < -0.39 is 0 Å². The Balaban J connectivity index is 1.74. The van der Waals surface area contributed by atoms with Gasteiger partial charge in [-0.2, -0.15) is 0 Å². The van der Waals surface area contributed by atoms with E-state index in [1.54, 1.807) is 0 Å². The minimum absolute atomic E-state index is 0.935. The van der Waals surface area contributed by atoms with Crippen LogP contribution in [0.25, 0.3) is 0 Å². The van der Waals surface area contributed by atoms with Crippen LogP contribution in [0.3, 0.4) is 0 Å². The second-order valence-electron chi connectivity index (χ2n) is 4.38. The maximum absolute atomic E-state index is 4.62.